The summed E-state index contributed by atoms with van der Waals surface area (Å²) in [5.74, 6) is 2.41. The second-order valence-corrected chi connectivity index (χ2v) is 16.9. The number of nitrogens with zero attached hydrogens (tertiary/aromatic N) is 1. The number of hydrogen-bond donors (Lipinski definition) is 2. The zero-order valence-electron chi connectivity index (χ0n) is 39.2. The second kappa shape index (κ2) is 50.2. The summed E-state index contributed by atoms with van der Waals surface area (Å²) >= 11 is 0. The highest BCUT2D eigenvalue weighted by Gasteiger charge is 2.13. The van der Waals surface area contributed by atoms with Crippen LogP contribution in [0.4, 0.5) is 0 Å². The highest BCUT2D eigenvalue weighted by atomic mass is 16.5. The maximum Gasteiger partial charge on any atom is 0.305 e. The number of rotatable bonds is 39. The largest absolute Gasteiger partial charge is 0.483 e. The van der Waals surface area contributed by atoms with E-state index < -0.39 is 0 Å². The molecular formula is C51H97NO7. The molecule has 1 fully saturated rings. The van der Waals surface area contributed by atoms with E-state index in [0.717, 1.165) is 70.2 Å². The molecule has 0 amide bonds. The Morgan fingerprint density at radius 1 is 0.525 bits per heavy atom. The van der Waals surface area contributed by atoms with Crippen LogP contribution < -0.4 is 0 Å². The van der Waals surface area contributed by atoms with E-state index in [-0.39, 0.29) is 18.9 Å². The smallest absolute Gasteiger partial charge is 0.305 e. The van der Waals surface area contributed by atoms with Gasteiger partial charge >= 0.3 is 5.97 Å². The summed E-state index contributed by atoms with van der Waals surface area (Å²) in [4.78, 5) is 31.3. The topological polar surface area (TPSA) is 113 Å². The minimum Gasteiger partial charge on any atom is -0.483 e. The Morgan fingerprint density at radius 3 is 1.32 bits per heavy atom. The Kier molecular flexibility index (Phi) is 50.1. The summed E-state index contributed by atoms with van der Waals surface area (Å²) in [7, 11) is 0. The quantitative estimate of drug-likeness (QED) is 0.0272. The third-order valence-electron chi connectivity index (χ3n) is 12.3. The van der Waals surface area contributed by atoms with Gasteiger partial charge < -0.3 is 19.7 Å². The van der Waals surface area contributed by atoms with E-state index in [2.05, 4.69) is 56.9 Å². The molecule has 0 aromatic carbocycles. The molecule has 0 saturated carbocycles. The number of unbranched alkanes of at least 4 members (excludes halogenated alkanes) is 17. The number of ether oxygens (including phenoxy) is 2. The number of hydrogen-bond acceptors (Lipinski definition) is 6. The first-order valence-corrected chi connectivity index (χ1v) is 24.9. The predicted molar refractivity (Wildman–Crippen MR) is 250 cm³/mol. The average molecular weight is 836 g/mol. The molecule has 348 valence electrons. The third kappa shape index (κ3) is 45.2. The van der Waals surface area contributed by atoms with E-state index in [1.54, 1.807) is 0 Å². The molecule has 1 heterocycles. The van der Waals surface area contributed by atoms with Gasteiger partial charge in [0.1, 0.15) is 0 Å². The molecule has 1 aliphatic heterocycles. The van der Waals surface area contributed by atoms with E-state index in [1.807, 2.05) is 0 Å². The van der Waals surface area contributed by atoms with Gasteiger partial charge in [0, 0.05) is 19.5 Å². The predicted octanol–water partition coefficient (Wildman–Crippen LogP) is 14.4. The summed E-state index contributed by atoms with van der Waals surface area (Å²) in [6.45, 7) is 14.5. The fraction of sp³-hybridized carbons (Fsp3) is 0.863. The minimum absolute atomic E-state index is 0.0149. The van der Waals surface area contributed by atoms with Crippen molar-refractivity contribution in [3.05, 3.63) is 24.3 Å². The fourth-order valence-corrected chi connectivity index (χ4v) is 8.05. The van der Waals surface area contributed by atoms with Crippen LogP contribution in [0, 0.1) is 17.8 Å². The van der Waals surface area contributed by atoms with Gasteiger partial charge in [-0.25, -0.2) is 0 Å². The highest BCUT2D eigenvalue weighted by Crippen LogP contribution is 2.24. The van der Waals surface area contributed by atoms with Crippen LogP contribution in [-0.2, 0) is 23.9 Å². The molecule has 1 aliphatic rings. The maximum absolute atomic E-state index is 11.9. The highest BCUT2D eigenvalue weighted by molar-refractivity contribution is 5.69. The Hall–Kier alpha value is -2.19. The van der Waals surface area contributed by atoms with Gasteiger partial charge in [-0.05, 0) is 94.9 Å². The normalized spacial score (nSPS) is 13.7. The monoisotopic (exact) mass is 836 g/mol. The van der Waals surface area contributed by atoms with Gasteiger partial charge in [-0.2, -0.15) is 0 Å². The molecule has 0 aromatic heterocycles. The average Bonchev–Trinajstić information content (AvgIpc) is 3.24. The van der Waals surface area contributed by atoms with Gasteiger partial charge in [0.05, 0.1) is 19.8 Å². The molecule has 8 nitrogen and oxygen atoms in total. The minimum atomic E-state index is -0.250. The molecule has 0 aromatic rings. The molecule has 2 N–H and O–H groups in total. The lowest BCUT2D eigenvalue weighted by Gasteiger charge is -2.27. The molecular weight excluding hydrogens is 739 g/mol. The van der Waals surface area contributed by atoms with E-state index in [4.69, 9.17) is 29.3 Å². The van der Waals surface area contributed by atoms with Crippen molar-refractivity contribution in [3.8, 4) is 0 Å². The van der Waals surface area contributed by atoms with Crippen LogP contribution in [0.2, 0.25) is 0 Å². The number of carbonyl (C=O) groups excluding carboxylic acids is 1. The van der Waals surface area contributed by atoms with Crippen molar-refractivity contribution in [2.45, 2.75) is 227 Å². The van der Waals surface area contributed by atoms with Crippen molar-refractivity contribution < 1.29 is 34.1 Å². The van der Waals surface area contributed by atoms with Crippen LogP contribution in [-0.4, -0.2) is 73.5 Å². The molecule has 1 unspecified atom stereocenters. The number of carboxylic acid groups (broad SMARTS) is 2. The molecule has 0 bridgehead atoms. The first-order chi connectivity index (χ1) is 28.9. The van der Waals surface area contributed by atoms with E-state index in [9.17, 15) is 4.79 Å². The van der Waals surface area contributed by atoms with Crippen LogP contribution in [0.15, 0.2) is 24.3 Å². The Labute approximate surface area is 365 Å². The van der Waals surface area contributed by atoms with Crippen LogP contribution in [0.3, 0.4) is 0 Å². The first kappa shape index (κ1) is 58.9. The van der Waals surface area contributed by atoms with Gasteiger partial charge in [0.25, 0.3) is 12.9 Å². The van der Waals surface area contributed by atoms with Crippen molar-refractivity contribution >= 4 is 18.9 Å². The van der Waals surface area contributed by atoms with Crippen LogP contribution in [0.5, 0.6) is 0 Å². The third-order valence-corrected chi connectivity index (χ3v) is 12.3. The zero-order valence-corrected chi connectivity index (χ0v) is 39.2. The zero-order chi connectivity index (χ0) is 43.7. The molecule has 0 aliphatic carbocycles. The molecule has 1 rings (SSSR count). The van der Waals surface area contributed by atoms with Crippen molar-refractivity contribution in [2.24, 2.45) is 17.8 Å². The molecule has 1 saturated heterocycles. The van der Waals surface area contributed by atoms with Gasteiger partial charge in [-0.1, -0.05) is 174 Å². The molecule has 1 atom stereocenters. The summed E-state index contributed by atoms with van der Waals surface area (Å²) in [6, 6.07) is 0. The van der Waals surface area contributed by atoms with Crippen molar-refractivity contribution in [1.82, 2.24) is 4.90 Å². The Balaban J connectivity index is 0. The summed E-state index contributed by atoms with van der Waals surface area (Å²) in [5, 5.41) is 13.8. The molecule has 8 heteroatoms. The summed E-state index contributed by atoms with van der Waals surface area (Å²) < 4.78 is 11.0. The lowest BCUT2D eigenvalue weighted by atomic mass is 9.90. The fourth-order valence-electron chi connectivity index (χ4n) is 8.05. The van der Waals surface area contributed by atoms with Crippen molar-refractivity contribution in [2.75, 3.05) is 39.5 Å². The molecule has 0 radical (unpaired) electrons. The van der Waals surface area contributed by atoms with Crippen LogP contribution in [0.1, 0.15) is 227 Å². The van der Waals surface area contributed by atoms with Gasteiger partial charge in [0.15, 0.2) is 0 Å². The maximum atomic E-state index is 11.9. The molecule has 59 heavy (non-hydrogen) atoms. The first-order valence-electron chi connectivity index (χ1n) is 24.9. The Morgan fingerprint density at radius 2 is 0.881 bits per heavy atom. The van der Waals surface area contributed by atoms with Gasteiger partial charge in [-0.3, -0.25) is 19.3 Å². The number of esters is 1. The van der Waals surface area contributed by atoms with E-state index >= 15 is 0 Å². The van der Waals surface area contributed by atoms with E-state index in [0.29, 0.717) is 18.9 Å². The van der Waals surface area contributed by atoms with Gasteiger partial charge in [-0.15, -0.1) is 0 Å². The Bertz CT molecular complexity index is 906. The second-order valence-electron chi connectivity index (χ2n) is 16.9. The number of allylic oxidation sites excluding steroid dienone is 4. The van der Waals surface area contributed by atoms with Crippen LogP contribution >= 0.6 is 0 Å². The lowest BCUT2D eigenvalue weighted by Crippen LogP contribution is -2.36. The SMILES string of the molecule is CCC(CC)CCCCC/C=C\CCCCCCCCC(CCCCCCCC/C=C\CCCCC(=O)OCC(CC)CC)CCCN1CCOCC1.O=CO.O=CO. The summed E-state index contributed by atoms with van der Waals surface area (Å²) in [6.07, 6.45) is 50.2. The van der Waals surface area contributed by atoms with Gasteiger partial charge in [0.2, 0.25) is 0 Å². The van der Waals surface area contributed by atoms with E-state index in [1.165, 1.54) is 167 Å². The van der Waals surface area contributed by atoms with Crippen LogP contribution in [0.25, 0.3) is 0 Å². The molecule has 0 spiro atoms. The summed E-state index contributed by atoms with van der Waals surface area (Å²) in [5.41, 5.74) is 0. The lowest BCUT2D eigenvalue weighted by molar-refractivity contribution is -0.145. The van der Waals surface area contributed by atoms with Crippen molar-refractivity contribution in [1.29, 1.82) is 0 Å². The standard InChI is InChI=1S/C49H93NO3.2CH2O2/c1-5-46(6-2)35-30-26-22-18-14-10-9-11-15-19-23-27-31-36-48(38-34-40-50-41-43-52-44-42-50)37-32-28-24-20-16-12-13-17-21-25-29-33-39-49(51)53-45-47(7-3)8-4;2*2-1-3/h10,14,17,21,46-48H,5-9,11-13,15-16,18-20,22-45H2,1-4H3;2*1H,(H,2,3)/b14-10-,21-17-;;. The number of carbonyl (C=O) groups is 3. The number of morpholine rings is 1. The van der Waals surface area contributed by atoms with Crippen molar-refractivity contribution in [3.63, 3.8) is 0 Å².